The number of ketones is 1. The fraction of sp³-hybridized carbons (Fsp3) is 0.303. The third-order valence-corrected chi connectivity index (χ3v) is 15.8. The summed E-state index contributed by atoms with van der Waals surface area (Å²) in [7, 11) is 0. The molecule has 2 aromatic carbocycles. The Balaban J connectivity index is 1.70. The number of benzene rings is 2. The van der Waals surface area contributed by atoms with Gasteiger partial charge in [-0.05, 0) is 0 Å². The van der Waals surface area contributed by atoms with E-state index in [1.165, 1.54) is 11.0 Å². The Labute approximate surface area is 279 Å². The van der Waals surface area contributed by atoms with E-state index in [1.54, 1.807) is 42.5 Å². The maximum absolute atomic E-state index is 12.5. The minimum absolute atomic E-state index is 0.00210. The zero-order valence-corrected chi connectivity index (χ0v) is 28.6. The van der Waals surface area contributed by atoms with E-state index in [1.807, 2.05) is 6.07 Å². The van der Waals surface area contributed by atoms with E-state index in [0.717, 1.165) is 28.8 Å². The fourth-order valence-electron chi connectivity index (χ4n) is 5.55. The van der Waals surface area contributed by atoms with Gasteiger partial charge in [0.1, 0.15) is 0 Å². The Hall–Kier alpha value is -4.68. The zero-order chi connectivity index (χ0) is 35.2. The predicted octanol–water partition coefficient (Wildman–Crippen LogP) is 1.57. The molecule has 1 heterocycles. The van der Waals surface area contributed by atoms with Gasteiger partial charge in [-0.1, -0.05) is 0 Å². The number of carboxylic acid groups (broad SMARTS) is 4. The Morgan fingerprint density at radius 2 is 1.44 bits per heavy atom. The number of carboxylic acids is 4. The van der Waals surface area contributed by atoms with Crippen LogP contribution in [0.2, 0.25) is 9.94 Å². The van der Waals surface area contributed by atoms with Crippen LogP contribution in [0.15, 0.2) is 63.8 Å². The Kier molecular flexibility index (Phi) is 11.7. The van der Waals surface area contributed by atoms with Crippen molar-refractivity contribution in [3.63, 3.8) is 0 Å². The van der Waals surface area contributed by atoms with Gasteiger partial charge in [-0.2, -0.15) is 0 Å². The molecule has 1 aliphatic heterocycles. The van der Waals surface area contributed by atoms with Crippen LogP contribution in [0.3, 0.4) is 0 Å². The molecule has 0 radical (unpaired) electrons. The summed E-state index contributed by atoms with van der Waals surface area (Å²) in [4.78, 5) is 64.6. The maximum atomic E-state index is 12.5. The Morgan fingerprint density at radius 1 is 0.792 bits per heavy atom. The van der Waals surface area contributed by atoms with Crippen LogP contribution in [0, 0.1) is 0 Å². The van der Waals surface area contributed by atoms with Crippen LogP contribution in [0.25, 0.3) is 5.57 Å². The van der Waals surface area contributed by atoms with E-state index in [0.29, 0.717) is 5.56 Å². The summed E-state index contributed by atoms with van der Waals surface area (Å²) in [6.07, 6.45) is 4.90. The molecule has 0 saturated heterocycles. The molecule has 0 atom stereocenters. The molecule has 2 aliphatic rings. The molecule has 0 unspecified atom stereocenters. The van der Waals surface area contributed by atoms with Gasteiger partial charge in [-0.25, -0.2) is 0 Å². The van der Waals surface area contributed by atoms with E-state index in [2.05, 4.69) is 9.94 Å². The number of aliphatic carboxylic acids is 4. The molecule has 1 aliphatic carbocycles. The molecule has 0 aromatic heterocycles. The molecule has 2 aromatic rings. The molecule has 0 spiro atoms. The van der Waals surface area contributed by atoms with E-state index < -0.39 is 68.2 Å². The van der Waals surface area contributed by atoms with Gasteiger partial charge in [0.05, 0.1) is 13.1 Å². The molecule has 48 heavy (non-hydrogen) atoms. The van der Waals surface area contributed by atoms with Crippen molar-refractivity contribution < 1.29 is 59.0 Å². The van der Waals surface area contributed by atoms with Crippen LogP contribution >= 0.6 is 0 Å². The average Bonchev–Trinajstić information content (AvgIpc) is 2.98. The second-order valence-electron chi connectivity index (χ2n) is 11.3. The summed E-state index contributed by atoms with van der Waals surface area (Å²) in [6.45, 7) is -2.26. The van der Waals surface area contributed by atoms with Crippen molar-refractivity contribution >= 4 is 62.7 Å². The van der Waals surface area contributed by atoms with Gasteiger partial charge in [-0.15, -0.1) is 0 Å². The molecular formula is C33H36N2O12Te. The van der Waals surface area contributed by atoms with Gasteiger partial charge >= 0.3 is 243 Å². The monoisotopic (exact) mass is 782 g/mol. The number of hydrogen-bond acceptors (Lipinski definition) is 10. The molecule has 14 nitrogen and oxygen atoms in total. The molecule has 0 amide bonds. The van der Waals surface area contributed by atoms with Crippen molar-refractivity contribution in [3.05, 3.63) is 74.9 Å². The van der Waals surface area contributed by atoms with Crippen molar-refractivity contribution in [2.45, 2.75) is 9.94 Å². The summed E-state index contributed by atoms with van der Waals surface area (Å²) >= 11 is -3.11. The molecular weight excluding hydrogens is 744 g/mol. The number of hydrogen-bond donors (Lipinski definition) is 5. The van der Waals surface area contributed by atoms with E-state index in [9.17, 15) is 39.3 Å². The van der Waals surface area contributed by atoms with Crippen molar-refractivity contribution in [3.8, 4) is 11.5 Å². The van der Waals surface area contributed by atoms with Crippen LogP contribution in [-0.2, 0) is 28.7 Å². The number of phenolic OH excluding ortho intramolecular Hbond substituents is 1. The summed E-state index contributed by atoms with van der Waals surface area (Å²) in [5.41, 5.74) is 3.32. The van der Waals surface area contributed by atoms with Crippen molar-refractivity contribution in [1.29, 1.82) is 0 Å². The van der Waals surface area contributed by atoms with Crippen LogP contribution in [0.5, 0.6) is 11.5 Å². The summed E-state index contributed by atoms with van der Waals surface area (Å²) in [6, 6.07) is 10.1. The van der Waals surface area contributed by atoms with E-state index in [4.69, 9.17) is 19.7 Å². The van der Waals surface area contributed by atoms with Gasteiger partial charge in [0.25, 0.3) is 0 Å². The third kappa shape index (κ3) is 8.81. The number of phenols is 1. The predicted molar refractivity (Wildman–Crippen MR) is 175 cm³/mol. The first-order chi connectivity index (χ1) is 22.7. The number of ether oxygens (including phenoxy) is 2. The van der Waals surface area contributed by atoms with E-state index in [-0.39, 0.29) is 49.3 Å². The second kappa shape index (κ2) is 15.5. The number of anilines is 1. The van der Waals surface area contributed by atoms with Crippen LogP contribution < -0.4 is 13.2 Å². The number of nitrogens with zero attached hydrogens (tertiary/aromatic N) is 2. The van der Waals surface area contributed by atoms with E-state index >= 15 is 0 Å². The molecule has 0 saturated carbocycles. The van der Waals surface area contributed by atoms with Crippen molar-refractivity contribution in [1.82, 2.24) is 4.90 Å². The number of aromatic hydroxyl groups is 1. The molecule has 0 bridgehead atoms. The van der Waals surface area contributed by atoms with Crippen LogP contribution in [0.4, 0.5) is 5.69 Å². The minimum atomic E-state index is -3.11. The first-order valence-corrected chi connectivity index (χ1v) is 21.6. The van der Waals surface area contributed by atoms with Crippen LogP contribution in [0.1, 0.15) is 11.1 Å². The second-order valence-corrected chi connectivity index (χ2v) is 21.4. The molecule has 4 rings (SSSR count). The Morgan fingerprint density at radius 3 is 2.06 bits per heavy atom. The van der Waals surface area contributed by atoms with Crippen molar-refractivity contribution in [2.75, 3.05) is 57.4 Å². The third-order valence-electron chi connectivity index (χ3n) is 7.55. The van der Waals surface area contributed by atoms with Gasteiger partial charge < -0.3 is 10.2 Å². The first-order valence-electron chi connectivity index (χ1n) is 14.6. The standard InChI is InChI=1S/C33H36N2O12Te/c1-48(2)27-14-21(36)4-6-23(27)33(24-7-5-22(37)15-28(24)48)20-3-8-25(35(18-31(42)43)19-32(44)45)26(13-20)47-12-11-46-10-9-34(16-29(38)39)17-30(40)41/h3-8,13-15,36H,9-12,16-19H2,1-2H3,(H,38,39)(H,40,41)(H,42,43)(H,44,45). The topological polar surface area (TPSA) is 211 Å². The molecule has 0 fully saturated rings. The number of allylic oxidation sites excluding steroid dienone is 5. The Bertz CT molecular complexity index is 1700. The molecule has 256 valence electrons. The normalized spacial score (nSPS) is 15.3. The van der Waals surface area contributed by atoms with Crippen LogP contribution in [-0.4, -0.2) is 131 Å². The number of carbonyl (C=O) groups excluding carboxylic acids is 1. The van der Waals surface area contributed by atoms with Gasteiger partial charge in [-0.3, -0.25) is 14.5 Å². The average molecular weight is 780 g/mol. The quantitative estimate of drug-likeness (QED) is 0.114. The SMILES string of the molecule is C[Te]1(C)C2=CC(=O)C=CC2=C(c2ccc(N(CC(=O)O)CC(=O)O)c(OCCOCCN(CC(=O)O)CC(=O)O)c2)c2ccc(O)cc21. The summed E-state index contributed by atoms with van der Waals surface area (Å²) in [5.74, 6) is -4.75. The zero-order valence-electron chi connectivity index (χ0n) is 26.2. The summed E-state index contributed by atoms with van der Waals surface area (Å²) in [5, 5.41) is 47.5. The van der Waals surface area contributed by atoms with Crippen molar-refractivity contribution in [2.24, 2.45) is 0 Å². The van der Waals surface area contributed by atoms with Gasteiger partial charge in [0, 0.05) is 0 Å². The van der Waals surface area contributed by atoms with Gasteiger partial charge in [0.2, 0.25) is 0 Å². The number of carbonyl (C=O) groups is 5. The molecule has 5 N–H and O–H groups in total. The first kappa shape index (κ1) is 36.2. The molecule has 15 heteroatoms. The summed E-state index contributed by atoms with van der Waals surface area (Å²) < 4.78 is 13.5. The number of fused-ring (bicyclic) bond motifs is 2. The van der Waals surface area contributed by atoms with Gasteiger partial charge in [0.15, 0.2) is 0 Å². The fourth-order valence-corrected chi connectivity index (χ4v) is 12.7. The number of rotatable bonds is 17.